The average Bonchev–Trinajstić information content (AvgIpc) is 3.38. The summed E-state index contributed by atoms with van der Waals surface area (Å²) >= 11 is 7.52. The van der Waals surface area contributed by atoms with E-state index in [1.807, 2.05) is 31.4 Å². The second-order valence-corrected chi connectivity index (χ2v) is 7.04. The van der Waals surface area contributed by atoms with Gasteiger partial charge in [0.05, 0.1) is 29.6 Å². The SMILES string of the molecule is C=Cc1csc2c(NCc3ccco3)nc(Cl)nc12.CC.NC1CCCOC1. The molecule has 3 aromatic rings. The Bertz CT molecular complexity index is 845. The summed E-state index contributed by atoms with van der Waals surface area (Å²) in [4.78, 5) is 8.47. The molecule has 4 rings (SSSR count). The third-order valence-electron chi connectivity index (χ3n) is 3.84. The second kappa shape index (κ2) is 11.8. The van der Waals surface area contributed by atoms with E-state index in [4.69, 9.17) is 26.5 Å². The summed E-state index contributed by atoms with van der Waals surface area (Å²) in [5.41, 5.74) is 7.29. The maximum atomic E-state index is 5.96. The molecule has 3 N–H and O–H groups in total. The number of thiophene rings is 1. The van der Waals surface area contributed by atoms with E-state index in [9.17, 15) is 0 Å². The molecule has 1 aliphatic heterocycles. The van der Waals surface area contributed by atoms with E-state index >= 15 is 0 Å². The highest BCUT2D eigenvalue weighted by molar-refractivity contribution is 7.18. The smallest absolute Gasteiger partial charge is 0.224 e. The summed E-state index contributed by atoms with van der Waals surface area (Å²) in [6.07, 6.45) is 5.68. The molecule has 1 aliphatic rings. The molecule has 0 amide bonds. The molecule has 3 aromatic heterocycles. The van der Waals surface area contributed by atoms with E-state index in [-0.39, 0.29) is 5.28 Å². The molecule has 0 saturated carbocycles. The van der Waals surface area contributed by atoms with Gasteiger partial charge in [0, 0.05) is 23.6 Å². The van der Waals surface area contributed by atoms with Crippen LogP contribution in [-0.2, 0) is 11.3 Å². The number of nitrogens with one attached hydrogen (secondary N) is 1. The number of anilines is 1. The largest absolute Gasteiger partial charge is 0.467 e. The van der Waals surface area contributed by atoms with Crippen LogP contribution in [-0.4, -0.2) is 29.2 Å². The Morgan fingerprint density at radius 1 is 1.43 bits per heavy atom. The van der Waals surface area contributed by atoms with Crippen LogP contribution in [0.2, 0.25) is 5.28 Å². The first-order valence-electron chi connectivity index (χ1n) is 9.34. The molecule has 0 spiro atoms. The van der Waals surface area contributed by atoms with Crippen molar-refractivity contribution in [3.8, 4) is 0 Å². The maximum Gasteiger partial charge on any atom is 0.224 e. The molecule has 4 heterocycles. The van der Waals surface area contributed by atoms with Crippen molar-refractivity contribution >= 4 is 45.0 Å². The molecule has 0 aliphatic carbocycles. The van der Waals surface area contributed by atoms with Crippen molar-refractivity contribution in [1.29, 1.82) is 0 Å². The zero-order valence-electron chi connectivity index (χ0n) is 16.3. The van der Waals surface area contributed by atoms with Gasteiger partial charge in [-0.1, -0.05) is 26.5 Å². The number of ether oxygens (including phenoxy) is 1. The number of furan rings is 1. The van der Waals surface area contributed by atoms with Crippen LogP contribution in [0.15, 0.2) is 34.8 Å². The first kappa shape index (κ1) is 22.4. The van der Waals surface area contributed by atoms with Crippen molar-refractivity contribution in [2.45, 2.75) is 39.3 Å². The lowest BCUT2D eigenvalue weighted by Gasteiger charge is -2.16. The van der Waals surface area contributed by atoms with E-state index in [1.54, 1.807) is 23.7 Å². The number of nitrogens with two attached hydrogens (primary N) is 1. The molecule has 0 bridgehead atoms. The van der Waals surface area contributed by atoms with Crippen LogP contribution in [0.1, 0.15) is 38.0 Å². The molecule has 1 atom stereocenters. The van der Waals surface area contributed by atoms with E-state index < -0.39 is 0 Å². The van der Waals surface area contributed by atoms with E-state index in [1.165, 1.54) is 0 Å². The number of fused-ring (bicyclic) bond motifs is 1. The molecule has 152 valence electrons. The summed E-state index contributed by atoms with van der Waals surface area (Å²) in [7, 11) is 0. The molecule has 0 radical (unpaired) electrons. The van der Waals surface area contributed by atoms with Crippen molar-refractivity contribution in [3.63, 3.8) is 0 Å². The van der Waals surface area contributed by atoms with Gasteiger partial charge >= 0.3 is 0 Å². The van der Waals surface area contributed by atoms with Crippen LogP contribution in [0.4, 0.5) is 5.82 Å². The molecular formula is C20H27ClN4O2S. The highest BCUT2D eigenvalue weighted by atomic mass is 35.5. The fraction of sp³-hybridized carbons (Fsp3) is 0.400. The monoisotopic (exact) mass is 422 g/mol. The van der Waals surface area contributed by atoms with Gasteiger partial charge in [-0.15, -0.1) is 11.3 Å². The lowest BCUT2D eigenvalue weighted by molar-refractivity contribution is 0.0822. The van der Waals surface area contributed by atoms with Crippen molar-refractivity contribution in [2.24, 2.45) is 5.73 Å². The van der Waals surface area contributed by atoms with Crippen molar-refractivity contribution in [2.75, 3.05) is 18.5 Å². The summed E-state index contributed by atoms with van der Waals surface area (Å²) < 4.78 is 11.3. The molecule has 0 aromatic carbocycles. The predicted molar refractivity (Wildman–Crippen MR) is 118 cm³/mol. The predicted octanol–water partition coefficient (Wildman–Crippen LogP) is 5.34. The van der Waals surface area contributed by atoms with Crippen LogP contribution < -0.4 is 11.1 Å². The molecule has 1 unspecified atom stereocenters. The molecular weight excluding hydrogens is 396 g/mol. The molecule has 8 heteroatoms. The Balaban J connectivity index is 0.000000261. The molecule has 28 heavy (non-hydrogen) atoms. The Kier molecular flexibility index (Phi) is 9.43. The van der Waals surface area contributed by atoms with Gasteiger partial charge < -0.3 is 20.2 Å². The van der Waals surface area contributed by atoms with Crippen LogP contribution in [0.25, 0.3) is 16.3 Å². The Morgan fingerprint density at radius 2 is 2.25 bits per heavy atom. The third kappa shape index (κ3) is 6.31. The minimum atomic E-state index is 0.218. The first-order valence-corrected chi connectivity index (χ1v) is 10.6. The van der Waals surface area contributed by atoms with E-state index in [2.05, 4.69) is 21.9 Å². The summed E-state index contributed by atoms with van der Waals surface area (Å²) in [5.74, 6) is 1.55. The number of nitrogens with zero attached hydrogens (tertiary/aromatic N) is 2. The Labute approximate surface area is 174 Å². The molecule has 1 fully saturated rings. The summed E-state index contributed by atoms with van der Waals surface area (Å²) in [6.45, 7) is 9.99. The van der Waals surface area contributed by atoms with Gasteiger partial charge in [0.2, 0.25) is 5.28 Å². The summed E-state index contributed by atoms with van der Waals surface area (Å²) in [6, 6.07) is 4.06. The number of hydrogen-bond donors (Lipinski definition) is 2. The van der Waals surface area contributed by atoms with Gasteiger partial charge in [-0.2, -0.15) is 4.98 Å². The number of rotatable bonds is 4. The maximum absolute atomic E-state index is 5.96. The number of hydrogen-bond acceptors (Lipinski definition) is 7. The lowest BCUT2D eigenvalue weighted by Crippen LogP contribution is -2.30. The third-order valence-corrected chi connectivity index (χ3v) is 5.00. The number of aromatic nitrogens is 2. The van der Waals surface area contributed by atoms with Crippen molar-refractivity contribution in [1.82, 2.24) is 9.97 Å². The molecule has 1 saturated heterocycles. The van der Waals surface area contributed by atoms with Gasteiger partial charge in [0.25, 0.3) is 0 Å². The van der Waals surface area contributed by atoms with Crippen molar-refractivity contribution in [3.05, 3.63) is 47.0 Å². The highest BCUT2D eigenvalue weighted by Gasteiger charge is 2.11. The quantitative estimate of drug-likeness (QED) is 0.551. The average molecular weight is 423 g/mol. The fourth-order valence-electron chi connectivity index (χ4n) is 2.52. The van der Waals surface area contributed by atoms with Crippen molar-refractivity contribution < 1.29 is 9.15 Å². The van der Waals surface area contributed by atoms with E-state index in [0.29, 0.717) is 18.4 Å². The van der Waals surface area contributed by atoms with Crippen LogP contribution in [0.5, 0.6) is 0 Å². The zero-order chi connectivity index (χ0) is 20.4. The van der Waals surface area contributed by atoms with Gasteiger partial charge in [0.15, 0.2) is 0 Å². The van der Waals surface area contributed by atoms with Crippen LogP contribution in [0.3, 0.4) is 0 Å². The topological polar surface area (TPSA) is 86.2 Å². The number of halogens is 1. The minimum Gasteiger partial charge on any atom is -0.467 e. The van der Waals surface area contributed by atoms with Gasteiger partial charge in [0.1, 0.15) is 11.6 Å². The molecule has 6 nitrogen and oxygen atoms in total. The minimum absolute atomic E-state index is 0.218. The fourth-order valence-corrected chi connectivity index (χ4v) is 3.65. The Hall–Kier alpha value is -1.93. The highest BCUT2D eigenvalue weighted by Crippen LogP contribution is 2.31. The lowest BCUT2D eigenvalue weighted by atomic mass is 10.1. The van der Waals surface area contributed by atoms with E-state index in [0.717, 1.165) is 47.6 Å². The van der Waals surface area contributed by atoms with Crippen LogP contribution >= 0.6 is 22.9 Å². The van der Waals surface area contributed by atoms with Crippen LogP contribution in [0, 0.1) is 0 Å². The van der Waals surface area contributed by atoms with Gasteiger partial charge in [-0.05, 0) is 36.6 Å². The first-order chi connectivity index (χ1) is 13.7. The summed E-state index contributed by atoms with van der Waals surface area (Å²) in [5, 5.41) is 5.42. The normalized spacial score (nSPS) is 15.8. The van der Waals surface area contributed by atoms with Gasteiger partial charge in [-0.25, -0.2) is 4.98 Å². The van der Waals surface area contributed by atoms with Gasteiger partial charge in [-0.3, -0.25) is 0 Å². The standard InChI is InChI=1S/C13H10ClN3OS.C5H11NO.C2H6/c1-2-8-7-19-11-10(8)16-13(14)17-12(11)15-6-9-4-3-5-18-9;6-5-2-1-3-7-4-5;1-2/h2-5,7H,1,6H2,(H,15,16,17);5H,1-4,6H2;1-2H3. The zero-order valence-corrected chi connectivity index (χ0v) is 17.9. The second-order valence-electron chi connectivity index (χ2n) is 5.82. The Morgan fingerprint density at radius 3 is 2.82 bits per heavy atom.